The average molecular weight is 270 g/mol. The highest BCUT2D eigenvalue weighted by atomic mass is 16.4. The summed E-state index contributed by atoms with van der Waals surface area (Å²) in [6.07, 6.45) is 2.33. The van der Waals surface area contributed by atoms with Crippen LogP contribution in [0.25, 0.3) is 0 Å². The molecule has 5 nitrogen and oxygen atoms in total. The van der Waals surface area contributed by atoms with Crippen molar-refractivity contribution in [3.63, 3.8) is 0 Å². The van der Waals surface area contributed by atoms with Crippen LogP contribution in [-0.2, 0) is 9.59 Å². The number of rotatable bonds is 8. The number of nitrogens with zero attached hydrogens (tertiary/aromatic N) is 1. The van der Waals surface area contributed by atoms with Gasteiger partial charge in [0.1, 0.15) is 0 Å². The number of carbonyl (C=O) groups is 2. The molecular weight excluding hydrogens is 244 g/mol. The molecule has 1 aliphatic heterocycles. The summed E-state index contributed by atoms with van der Waals surface area (Å²) >= 11 is 0. The monoisotopic (exact) mass is 270 g/mol. The van der Waals surface area contributed by atoms with Gasteiger partial charge in [0, 0.05) is 19.1 Å². The molecule has 0 aromatic rings. The van der Waals surface area contributed by atoms with Crippen LogP contribution in [-0.4, -0.2) is 47.6 Å². The van der Waals surface area contributed by atoms with Crippen molar-refractivity contribution in [3.05, 3.63) is 0 Å². The minimum absolute atomic E-state index is 0.0463. The summed E-state index contributed by atoms with van der Waals surface area (Å²) in [6.45, 7) is 8.22. The van der Waals surface area contributed by atoms with Gasteiger partial charge in [0.05, 0.1) is 13.0 Å². The van der Waals surface area contributed by atoms with Gasteiger partial charge in [-0.05, 0) is 31.6 Å². The molecule has 1 heterocycles. The first-order valence-corrected chi connectivity index (χ1v) is 7.10. The molecule has 1 saturated heterocycles. The van der Waals surface area contributed by atoms with Crippen LogP contribution in [0.2, 0.25) is 0 Å². The Morgan fingerprint density at radius 3 is 2.42 bits per heavy atom. The highest BCUT2D eigenvalue weighted by molar-refractivity contribution is 5.78. The van der Waals surface area contributed by atoms with Crippen LogP contribution in [0.5, 0.6) is 0 Å². The Morgan fingerprint density at radius 1 is 1.26 bits per heavy atom. The molecule has 0 radical (unpaired) electrons. The van der Waals surface area contributed by atoms with E-state index in [0.717, 1.165) is 25.9 Å². The van der Waals surface area contributed by atoms with Gasteiger partial charge in [0.15, 0.2) is 0 Å². The molecule has 1 amide bonds. The van der Waals surface area contributed by atoms with E-state index in [1.807, 2.05) is 11.8 Å². The van der Waals surface area contributed by atoms with Gasteiger partial charge in [-0.15, -0.1) is 0 Å². The van der Waals surface area contributed by atoms with Crippen LogP contribution in [0.4, 0.5) is 0 Å². The third-order valence-electron chi connectivity index (χ3n) is 3.45. The van der Waals surface area contributed by atoms with Gasteiger partial charge in [-0.2, -0.15) is 0 Å². The SMILES string of the molecule is CC(C)CCC(C)NC(=O)CN1CC(CC(=O)O)C1. The smallest absolute Gasteiger partial charge is 0.303 e. The van der Waals surface area contributed by atoms with Crippen molar-refractivity contribution in [2.45, 2.75) is 46.1 Å². The molecule has 0 aromatic carbocycles. The fourth-order valence-electron chi connectivity index (χ4n) is 2.36. The van der Waals surface area contributed by atoms with E-state index in [1.165, 1.54) is 0 Å². The number of likely N-dealkylation sites (tertiary alicyclic amines) is 1. The molecule has 1 unspecified atom stereocenters. The van der Waals surface area contributed by atoms with Gasteiger partial charge < -0.3 is 10.4 Å². The summed E-state index contributed by atoms with van der Waals surface area (Å²) in [6, 6.07) is 0.214. The zero-order valence-corrected chi connectivity index (χ0v) is 12.2. The Labute approximate surface area is 115 Å². The van der Waals surface area contributed by atoms with E-state index >= 15 is 0 Å². The maximum Gasteiger partial charge on any atom is 0.303 e. The summed E-state index contributed by atoms with van der Waals surface area (Å²) in [4.78, 5) is 24.3. The molecule has 19 heavy (non-hydrogen) atoms. The summed E-state index contributed by atoms with van der Waals surface area (Å²) in [5, 5.41) is 11.6. The number of aliphatic carboxylic acids is 1. The molecular formula is C14H26N2O3. The number of hydrogen-bond acceptors (Lipinski definition) is 3. The average Bonchev–Trinajstić information content (AvgIpc) is 2.22. The first-order chi connectivity index (χ1) is 8.86. The van der Waals surface area contributed by atoms with Gasteiger partial charge >= 0.3 is 5.97 Å². The first kappa shape index (κ1) is 16.0. The van der Waals surface area contributed by atoms with Crippen LogP contribution >= 0.6 is 0 Å². The molecule has 1 aliphatic rings. The molecule has 110 valence electrons. The van der Waals surface area contributed by atoms with Crippen LogP contribution in [0.3, 0.4) is 0 Å². The fraction of sp³-hybridized carbons (Fsp3) is 0.857. The van der Waals surface area contributed by atoms with E-state index < -0.39 is 5.97 Å². The molecule has 1 rings (SSSR count). The summed E-state index contributed by atoms with van der Waals surface area (Å²) in [5.41, 5.74) is 0. The Bertz CT molecular complexity index is 312. The van der Waals surface area contributed by atoms with Crippen molar-refractivity contribution >= 4 is 11.9 Å². The van der Waals surface area contributed by atoms with Crippen molar-refractivity contribution in [3.8, 4) is 0 Å². The number of amides is 1. The predicted octanol–water partition coefficient (Wildman–Crippen LogP) is 1.33. The van der Waals surface area contributed by atoms with Crippen molar-refractivity contribution in [2.75, 3.05) is 19.6 Å². The maximum absolute atomic E-state index is 11.8. The van der Waals surface area contributed by atoms with Crippen LogP contribution in [0.1, 0.15) is 40.0 Å². The number of hydrogen-bond donors (Lipinski definition) is 2. The highest BCUT2D eigenvalue weighted by Gasteiger charge is 2.29. The predicted molar refractivity (Wildman–Crippen MR) is 73.9 cm³/mol. The lowest BCUT2D eigenvalue weighted by molar-refractivity contribution is -0.139. The molecule has 0 aromatic heterocycles. The standard InChI is InChI=1S/C14H26N2O3/c1-10(2)4-5-11(3)15-13(17)9-16-7-12(8-16)6-14(18)19/h10-12H,4-9H2,1-3H3,(H,15,17)(H,18,19). The van der Waals surface area contributed by atoms with E-state index in [0.29, 0.717) is 12.5 Å². The second-order valence-electron chi connectivity index (χ2n) is 6.10. The quantitative estimate of drug-likeness (QED) is 0.698. The minimum Gasteiger partial charge on any atom is -0.481 e. The summed E-state index contributed by atoms with van der Waals surface area (Å²) in [7, 11) is 0. The molecule has 0 spiro atoms. The van der Waals surface area contributed by atoms with E-state index in [2.05, 4.69) is 19.2 Å². The maximum atomic E-state index is 11.8. The first-order valence-electron chi connectivity index (χ1n) is 7.10. The topological polar surface area (TPSA) is 69.6 Å². The number of carbonyl (C=O) groups excluding carboxylic acids is 1. The van der Waals surface area contributed by atoms with Gasteiger partial charge in [-0.25, -0.2) is 0 Å². The zero-order chi connectivity index (χ0) is 14.4. The molecule has 1 atom stereocenters. The molecule has 0 aliphatic carbocycles. The van der Waals surface area contributed by atoms with Crippen LogP contribution < -0.4 is 5.32 Å². The normalized spacial score (nSPS) is 18.1. The Balaban J connectivity index is 2.10. The number of carboxylic acid groups (broad SMARTS) is 1. The lowest BCUT2D eigenvalue weighted by Crippen LogP contribution is -2.52. The largest absolute Gasteiger partial charge is 0.481 e. The van der Waals surface area contributed by atoms with E-state index in [4.69, 9.17) is 5.11 Å². The Morgan fingerprint density at radius 2 is 1.89 bits per heavy atom. The Hall–Kier alpha value is -1.10. The summed E-state index contributed by atoms with van der Waals surface area (Å²) in [5.74, 6) is 0.164. The lowest BCUT2D eigenvalue weighted by atomic mass is 9.96. The van der Waals surface area contributed by atoms with Gasteiger partial charge in [0.25, 0.3) is 0 Å². The second-order valence-corrected chi connectivity index (χ2v) is 6.10. The molecule has 1 fully saturated rings. The number of nitrogens with one attached hydrogen (secondary N) is 1. The Kier molecular flexibility index (Phi) is 6.28. The third kappa shape index (κ3) is 6.57. The van der Waals surface area contributed by atoms with Crippen LogP contribution in [0, 0.1) is 11.8 Å². The summed E-state index contributed by atoms with van der Waals surface area (Å²) < 4.78 is 0. The van der Waals surface area contributed by atoms with Crippen molar-refractivity contribution in [1.82, 2.24) is 10.2 Å². The second kappa shape index (κ2) is 7.48. The van der Waals surface area contributed by atoms with Crippen molar-refractivity contribution in [2.24, 2.45) is 11.8 Å². The minimum atomic E-state index is -0.753. The van der Waals surface area contributed by atoms with Gasteiger partial charge in [-0.1, -0.05) is 13.8 Å². The lowest BCUT2D eigenvalue weighted by Gasteiger charge is -2.38. The molecule has 2 N–H and O–H groups in total. The van der Waals surface area contributed by atoms with E-state index in [9.17, 15) is 9.59 Å². The fourth-order valence-corrected chi connectivity index (χ4v) is 2.36. The molecule has 5 heteroatoms. The third-order valence-corrected chi connectivity index (χ3v) is 3.45. The molecule has 0 bridgehead atoms. The van der Waals surface area contributed by atoms with Crippen molar-refractivity contribution in [1.29, 1.82) is 0 Å². The number of carboxylic acids is 1. The van der Waals surface area contributed by atoms with Gasteiger partial charge in [0.2, 0.25) is 5.91 Å². The van der Waals surface area contributed by atoms with E-state index in [1.54, 1.807) is 0 Å². The van der Waals surface area contributed by atoms with E-state index in [-0.39, 0.29) is 24.3 Å². The van der Waals surface area contributed by atoms with Crippen LogP contribution in [0.15, 0.2) is 0 Å². The van der Waals surface area contributed by atoms with Gasteiger partial charge in [-0.3, -0.25) is 14.5 Å². The highest BCUT2D eigenvalue weighted by Crippen LogP contribution is 2.18. The molecule has 0 saturated carbocycles. The zero-order valence-electron chi connectivity index (χ0n) is 12.2. The van der Waals surface area contributed by atoms with Crippen molar-refractivity contribution < 1.29 is 14.7 Å².